The first kappa shape index (κ1) is 16.2. The van der Waals surface area contributed by atoms with E-state index in [2.05, 4.69) is 12.2 Å². The number of nitrogens with one attached hydrogen (secondary N) is 1. The number of nitrogens with zero attached hydrogens (tertiary/aromatic N) is 1. The molecule has 1 heterocycles. The molecular weight excluding hydrogens is 324 g/mol. The average molecular weight is 342 g/mol. The van der Waals surface area contributed by atoms with E-state index in [0.717, 1.165) is 23.0 Å². The Balaban J connectivity index is 1.57. The molecule has 1 aliphatic rings. The van der Waals surface area contributed by atoms with Crippen molar-refractivity contribution in [1.82, 2.24) is 0 Å². The van der Waals surface area contributed by atoms with Crippen molar-refractivity contribution < 1.29 is 9.21 Å². The second-order valence-corrected chi connectivity index (χ2v) is 6.71. The molecule has 26 heavy (non-hydrogen) atoms. The first-order valence-electron chi connectivity index (χ1n) is 8.66. The quantitative estimate of drug-likeness (QED) is 0.530. The van der Waals surface area contributed by atoms with E-state index in [1.165, 1.54) is 6.08 Å². The fraction of sp³-hybridized carbons (Fsp3) is 0.182. The number of carbonyl (C=O) groups excluding carboxylic acids is 1. The molecule has 1 fully saturated rings. The molecule has 4 heteroatoms. The third-order valence-electron chi connectivity index (χ3n) is 4.81. The molecule has 3 aromatic rings. The maximum atomic E-state index is 12.6. The fourth-order valence-corrected chi connectivity index (χ4v) is 3.18. The largest absolute Gasteiger partial charge is 0.461 e. The van der Waals surface area contributed by atoms with Gasteiger partial charge >= 0.3 is 0 Å². The number of hydrogen-bond donors (Lipinski definition) is 1. The summed E-state index contributed by atoms with van der Waals surface area (Å²) in [6, 6.07) is 19.2. The second-order valence-electron chi connectivity index (χ2n) is 6.71. The fourth-order valence-electron chi connectivity index (χ4n) is 3.18. The summed E-state index contributed by atoms with van der Waals surface area (Å²) >= 11 is 0. The molecule has 2 aromatic carbocycles. The Labute approximate surface area is 151 Å². The maximum absolute atomic E-state index is 12.6. The number of nitriles is 1. The van der Waals surface area contributed by atoms with Crippen LogP contribution in [0, 0.1) is 17.2 Å². The van der Waals surface area contributed by atoms with Crippen LogP contribution in [0.1, 0.15) is 30.8 Å². The van der Waals surface area contributed by atoms with E-state index in [9.17, 15) is 10.1 Å². The van der Waals surface area contributed by atoms with Gasteiger partial charge in [-0.3, -0.25) is 4.79 Å². The zero-order chi connectivity index (χ0) is 18.1. The van der Waals surface area contributed by atoms with Crippen LogP contribution >= 0.6 is 0 Å². The molecule has 1 N–H and O–H groups in total. The summed E-state index contributed by atoms with van der Waals surface area (Å²) in [6.07, 6.45) is 2.63. The van der Waals surface area contributed by atoms with E-state index in [1.54, 1.807) is 0 Å². The molecule has 0 bridgehead atoms. The first-order chi connectivity index (χ1) is 12.7. The molecule has 1 saturated carbocycles. The maximum Gasteiger partial charge on any atom is 0.266 e. The molecule has 0 radical (unpaired) electrons. The molecule has 4 nitrogen and oxygen atoms in total. The molecule has 0 saturated heterocycles. The minimum atomic E-state index is -0.443. The Morgan fingerprint density at radius 1 is 1.19 bits per heavy atom. The number of anilines is 1. The Kier molecular flexibility index (Phi) is 4.06. The van der Waals surface area contributed by atoms with Crippen LogP contribution in [0.15, 0.2) is 64.6 Å². The monoisotopic (exact) mass is 342 g/mol. The molecule has 0 spiro atoms. The van der Waals surface area contributed by atoms with Crippen LogP contribution in [-0.2, 0) is 4.79 Å². The number of rotatable bonds is 4. The summed E-state index contributed by atoms with van der Waals surface area (Å²) < 4.78 is 5.77. The van der Waals surface area contributed by atoms with E-state index in [4.69, 9.17) is 4.42 Å². The third kappa shape index (κ3) is 3.12. The van der Waals surface area contributed by atoms with Crippen molar-refractivity contribution in [2.24, 2.45) is 5.92 Å². The highest BCUT2D eigenvalue weighted by Crippen LogP contribution is 2.47. The average Bonchev–Trinajstić information content (AvgIpc) is 3.20. The van der Waals surface area contributed by atoms with Crippen LogP contribution < -0.4 is 5.32 Å². The van der Waals surface area contributed by atoms with Gasteiger partial charge in [0.2, 0.25) is 0 Å². The van der Waals surface area contributed by atoms with Crippen LogP contribution in [0.2, 0.25) is 0 Å². The molecule has 128 valence electrons. The van der Waals surface area contributed by atoms with Gasteiger partial charge in [-0.05, 0) is 35.9 Å². The van der Waals surface area contributed by atoms with E-state index >= 15 is 0 Å². The highest BCUT2D eigenvalue weighted by molar-refractivity contribution is 6.12. The van der Waals surface area contributed by atoms with Crippen LogP contribution in [0.3, 0.4) is 0 Å². The third-order valence-corrected chi connectivity index (χ3v) is 4.81. The molecule has 1 aromatic heterocycles. The lowest BCUT2D eigenvalue weighted by Crippen LogP contribution is -2.13. The van der Waals surface area contributed by atoms with Crippen LogP contribution in [0.5, 0.6) is 0 Å². The summed E-state index contributed by atoms with van der Waals surface area (Å²) in [4.78, 5) is 12.6. The predicted octanol–water partition coefficient (Wildman–Crippen LogP) is 5.10. The van der Waals surface area contributed by atoms with Gasteiger partial charge < -0.3 is 9.73 Å². The lowest BCUT2D eigenvalue weighted by molar-refractivity contribution is -0.112. The topological polar surface area (TPSA) is 66.0 Å². The Morgan fingerprint density at radius 2 is 1.96 bits per heavy atom. The Bertz CT molecular complexity index is 1050. The van der Waals surface area contributed by atoms with Gasteiger partial charge in [0.05, 0.1) is 0 Å². The second kappa shape index (κ2) is 6.53. The summed E-state index contributed by atoms with van der Waals surface area (Å²) in [5, 5.41) is 14.2. The summed E-state index contributed by atoms with van der Waals surface area (Å²) in [7, 11) is 0. The molecular formula is C22H18N2O2. The number of furan rings is 1. The van der Waals surface area contributed by atoms with Crippen LogP contribution in [0.25, 0.3) is 16.8 Å². The minimum Gasteiger partial charge on any atom is -0.461 e. The molecule has 0 aliphatic heterocycles. The number of fused-ring (bicyclic) bond motifs is 1. The predicted molar refractivity (Wildman–Crippen MR) is 101 cm³/mol. The Morgan fingerprint density at radius 3 is 2.73 bits per heavy atom. The molecule has 1 aliphatic carbocycles. The van der Waals surface area contributed by atoms with Crippen molar-refractivity contribution in [2.75, 3.05) is 5.32 Å². The standard InChI is InChI=1S/C22H18N2O2/c1-14-11-19(14)21-10-9-17(26-21)12-16(13-23)22(25)24-20-8-4-6-15-5-2-3-7-18(15)20/h2-10,12,14,19H,11H2,1H3,(H,24,25). The van der Waals surface area contributed by atoms with Gasteiger partial charge in [0.15, 0.2) is 0 Å². The van der Waals surface area contributed by atoms with Gasteiger partial charge in [0.1, 0.15) is 23.2 Å². The highest BCUT2D eigenvalue weighted by atomic mass is 16.3. The van der Waals surface area contributed by atoms with Crippen LogP contribution in [-0.4, -0.2) is 5.91 Å². The van der Waals surface area contributed by atoms with Gasteiger partial charge in [0.25, 0.3) is 5.91 Å². The van der Waals surface area contributed by atoms with Crippen molar-refractivity contribution in [3.8, 4) is 6.07 Å². The van der Waals surface area contributed by atoms with Gasteiger partial charge in [-0.15, -0.1) is 0 Å². The van der Waals surface area contributed by atoms with Gasteiger partial charge in [-0.2, -0.15) is 5.26 Å². The lowest BCUT2D eigenvalue weighted by atomic mass is 10.1. The molecule has 1 amide bonds. The Hall–Kier alpha value is -3.32. The summed E-state index contributed by atoms with van der Waals surface area (Å²) in [5.74, 6) is 2.12. The number of hydrogen-bond acceptors (Lipinski definition) is 3. The van der Waals surface area contributed by atoms with Crippen molar-refractivity contribution in [2.45, 2.75) is 19.3 Å². The van der Waals surface area contributed by atoms with Gasteiger partial charge in [-0.25, -0.2) is 0 Å². The van der Waals surface area contributed by atoms with Gasteiger partial charge in [-0.1, -0.05) is 43.3 Å². The molecule has 2 atom stereocenters. The zero-order valence-corrected chi connectivity index (χ0v) is 14.4. The van der Waals surface area contributed by atoms with Crippen LogP contribution in [0.4, 0.5) is 5.69 Å². The van der Waals surface area contributed by atoms with Crippen molar-refractivity contribution in [3.63, 3.8) is 0 Å². The molecule has 4 rings (SSSR count). The van der Waals surface area contributed by atoms with E-state index < -0.39 is 5.91 Å². The first-order valence-corrected chi connectivity index (χ1v) is 8.66. The SMILES string of the molecule is CC1CC1c1ccc(C=C(C#N)C(=O)Nc2cccc3ccccc23)o1. The van der Waals surface area contributed by atoms with Crippen molar-refractivity contribution in [3.05, 3.63) is 71.7 Å². The van der Waals surface area contributed by atoms with Gasteiger partial charge in [0, 0.05) is 23.1 Å². The van der Waals surface area contributed by atoms with E-state index in [1.807, 2.05) is 60.7 Å². The van der Waals surface area contributed by atoms with Crippen molar-refractivity contribution >= 4 is 28.4 Å². The molecule has 2 unspecified atom stereocenters. The lowest BCUT2D eigenvalue weighted by Gasteiger charge is -2.08. The zero-order valence-electron chi connectivity index (χ0n) is 14.4. The number of carbonyl (C=O) groups is 1. The summed E-state index contributed by atoms with van der Waals surface area (Å²) in [6.45, 7) is 2.18. The van der Waals surface area contributed by atoms with E-state index in [0.29, 0.717) is 23.3 Å². The normalized spacial score (nSPS) is 19.2. The smallest absolute Gasteiger partial charge is 0.266 e. The minimum absolute atomic E-state index is 0.0164. The van der Waals surface area contributed by atoms with E-state index in [-0.39, 0.29) is 5.57 Å². The number of amides is 1. The summed E-state index contributed by atoms with van der Waals surface area (Å²) in [5.41, 5.74) is 0.698. The van der Waals surface area contributed by atoms with Crippen molar-refractivity contribution in [1.29, 1.82) is 5.26 Å². The highest BCUT2D eigenvalue weighted by Gasteiger charge is 2.36. The number of benzene rings is 2.